The molecule has 0 N–H and O–H groups in total. The van der Waals surface area contributed by atoms with Crippen LogP contribution in [0.4, 0.5) is 0 Å². The molecule has 0 aromatic rings. The first-order valence-electron chi connectivity index (χ1n) is 9.98. The zero-order valence-electron chi connectivity index (χ0n) is 20.2. The Morgan fingerprint density at radius 2 is 0.536 bits per heavy atom. The van der Waals surface area contributed by atoms with Crippen molar-refractivity contribution < 1.29 is 41.7 Å². The number of rotatable bonds is 0. The molecule has 0 heterocycles. The third kappa shape index (κ3) is 6.95. The Morgan fingerprint density at radius 1 is 0.357 bits per heavy atom. The fourth-order valence-corrected chi connectivity index (χ4v) is 3.40. The molecule has 28 heavy (non-hydrogen) atoms. The van der Waals surface area contributed by atoms with E-state index in [0.29, 0.717) is 0 Å². The molecule has 0 unspecified atom stereocenters. The summed E-state index contributed by atoms with van der Waals surface area (Å²) in [5.74, 6) is 4.35. The van der Waals surface area contributed by atoms with Crippen LogP contribution in [-0.2, 0) is 0 Å². The molecule has 0 aliphatic heterocycles. The quantitative estimate of drug-likeness (QED) is 0.310. The van der Waals surface area contributed by atoms with Crippen molar-refractivity contribution in [3.63, 3.8) is 0 Å². The minimum Gasteiger partial charge on any atom is -0.0619 e. The SMILES string of the molecule is C[C]1C(C)=CC(C)=C1C.C[C]1C(C)=CC(C)=C1C.C[C]1C(C)=CC(C)=C1C.[Ce]. The van der Waals surface area contributed by atoms with Crippen molar-refractivity contribution in [2.75, 3.05) is 0 Å². The van der Waals surface area contributed by atoms with Crippen molar-refractivity contribution >= 4 is 0 Å². The van der Waals surface area contributed by atoms with Gasteiger partial charge in [0.15, 0.2) is 0 Å². The maximum atomic E-state index is 2.24. The van der Waals surface area contributed by atoms with Gasteiger partial charge in [-0.2, -0.15) is 0 Å². The van der Waals surface area contributed by atoms with E-state index in [4.69, 9.17) is 0 Å². The van der Waals surface area contributed by atoms with E-state index in [1.807, 2.05) is 0 Å². The normalized spacial score (nSPS) is 20.4. The van der Waals surface area contributed by atoms with Gasteiger partial charge in [-0.15, -0.1) is 0 Å². The van der Waals surface area contributed by atoms with Gasteiger partial charge in [0.1, 0.15) is 0 Å². The molecule has 0 fully saturated rings. The molecule has 0 bridgehead atoms. The average Bonchev–Trinajstić information content (AvgIpc) is 3.07. The topological polar surface area (TPSA) is 0 Å². The summed E-state index contributed by atoms with van der Waals surface area (Å²) in [7, 11) is 0. The van der Waals surface area contributed by atoms with Crippen LogP contribution in [0.2, 0.25) is 0 Å². The van der Waals surface area contributed by atoms with Crippen LogP contribution in [0, 0.1) is 59.5 Å². The van der Waals surface area contributed by atoms with Gasteiger partial charge in [0, 0.05) is 59.5 Å². The standard InChI is InChI=1S/3C9H13.Ce/c3*1-6-5-7(2)9(4)8(6)3;/h3*5H,1-4H3;. The second-order valence-corrected chi connectivity index (χ2v) is 8.28. The fourth-order valence-electron chi connectivity index (χ4n) is 3.40. The summed E-state index contributed by atoms with van der Waals surface area (Å²) in [5, 5.41) is 0. The van der Waals surface area contributed by atoms with E-state index in [2.05, 4.69) is 101 Å². The molecule has 0 aromatic heterocycles. The molecule has 0 aromatic carbocycles. The Kier molecular flexibility index (Phi) is 11.8. The van der Waals surface area contributed by atoms with Crippen LogP contribution in [0.1, 0.15) is 83.1 Å². The van der Waals surface area contributed by atoms with Gasteiger partial charge in [0.2, 0.25) is 0 Å². The van der Waals surface area contributed by atoms with Gasteiger partial charge in [-0.3, -0.25) is 0 Å². The first-order valence-corrected chi connectivity index (χ1v) is 9.98. The van der Waals surface area contributed by atoms with Crippen LogP contribution in [0.3, 0.4) is 0 Å². The van der Waals surface area contributed by atoms with E-state index in [1.54, 1.807) is 0 Å². The maximum absolute atomic E-state index is 2.24. The molecular weight excluding hydrogens is 464 g/mol. The molecule has 0 amide bonds. The second kappa shape index (κ2) is 11.9. The van der Waals surface area contributed by atoms with E-state index < -0.39 is 0 Å². The van der Waals surface area contributed by atoms with Crippen LogP contribution in [0.5, 0.6) is 0 Å². The largest absolute Gasteiger partial charge is 0.0619 e. The summed E-state index contributed by atoms with van der Waals surface area (Å²) < 4.78 is 0. The maximum Gasteiger partial charge on any atom is 0.0224 e. The van der Waals surface area contributed by atoms with Gasteiger partial charge < -0.3 is 0 Å². The summed E-state index contributed by atoms with van der Waals surface area (Å²) in [4.78, 5) is 0. The first kappa shape index (κ1) is 27.8. The van der Waals surface area contributed by atoms with Gasteiger partial charge in [-0.25, -0.2) is 0 Å². The van der Waals surface area contributed by atoms with E-state index in [0.717, 1.165) is 0 Å². The van der Waals surface area contributed by atoms with Gasteiger partial charge in [0.25, 0.3) is 0 Å². The van der Waals surface area contributed by atoms with Crippen molar-refractivity contribution in [3.8, 4) is 0 Å². The molecule has 0 atom stereocenters. The molecule has 3 rings (SSSR count). The Morgan fingerprint density at radius 3 is 0.571 bits per heavy atom. The number of hydrogen-bond donors (Lipinski definition) is 0. The van der Waals surface area contributed by atoms with Crippen molar-refractivity contribution in [3.05, 3.63) is 86.1 Å². The van der Waals surface area contributed by atoms with Crippen LogP contribution in [0.15, 0.2) is 68.4 Å². The minimum atomic E-state index is 0. The fraction of sp³-hybridized carbons (Fsp3) is 0.444. The molecule has 0 spiro atoms. The van der Waals surface area contributed by atoms with Crippen molar-refractivity contribution in [2.45, 2.75) is 83.1 Å². The van der Waals surface area contributed by atoms with Crippen molar-refractivity contribution in [1.82, 2.24) is 0 Å². The zero-order chi connectivity index (χ0) is 21.0. The third-order valence-corrected chi connectivity index (χ3v) is 6.54. The number of hydrogen-bond acceptors (Lipinski definition) is 0. The molecular formula is C27H39Ce. The van der Waals surface area contributed by atoms with E-state index in [9.17, 15) is 0 Å². The summed E-state index contributed by atoms with van der Waals surface area (Å²) in [6.07, 6.45) is 6.72. The molecule has 151 valence electrons. The van der Waals surface area contributed by atoms with Gasteiger partial charge in [-0.1, -0.05) is 89.2 Å². The zero-order valence-corrected chi connectivity index (χ0v) is 23.4. The summed E-state index contributed by atoms with van der Waals surface area (Å²) in [5.41, 5.74) is 12.9. The molecule has 3 aliphatic carbocycles. The Bertz CT molecular complexity index is 657. The summed E-state index contributed by atoms with van der Waals surface area (Å²) in [6, 6.07) is 0. The molecule has 3 aliphatic rings. The predicted octanol–water partition coefficient (Wildman–Crippen LogP) is 8.63. The van der Waals surface area contributed by atoms with Crippen LogP contribution in [-0.4, -0.2) is 0 Å². The van der Waals surface area contributed by atoms with Crippen LogP contribution < -0.4 is 0 Å². The molecule has 3 radical (unpaired) electrons. The minimum absolute atomic E-state index is 0. The van der Waals surface area contributed by atoms with Crippen molar-refractivity contribution in [1.29, 1.82) is 0 Å². The Balaban J connectivity index is 0.000000384. The Labute approximate surface area is 209 Å². The van der Waals surface area contributed by atoms with E-state index in [1.165, 1.54) is 67.9 Å². The van der Waals surface area contributed by atoms with E-state index >= 15 is 0 Å². The average molecular weight is 504 g/mol. The first-order chi connectivity index (χ1) is 12.4. The van der Waals surface area contributed by atoms with Crippen LogP contribution >= 0.6 is 0 Å². The second-order valence-electron chi connectivity index (χ2n) is 8.28. The monoisotopic (exact) mass is 503 g/mol. The van der Waals surface area contributed by atoms with E-state index in [-0.39, 0.29) is 41.7 Å². The van der Waals surface area contributed by atoms with Gasteiger partial charge in [0.05, 0.1) is 0 Å². The van der Waals surface area contributed by atoms with Gasteiger partial charge in [-0.05, 0) is 62.3 Å². The van der Waals surface area contributed by atoms with Gasteiger partial charge >= 0.3 is 0 Å². The summed E-state index contributed by atoms with van der Waals surface area (Å²) in [6.45, 7) is 26.0. The summed E-state index contributed by atoms with van der Waals surface area (Å²) >= 11 is 0. The smallest absolute Gasteiger partial charge is 0.0224 e. The molecule has 0 saturated carbocycles. The Hall–Kier alpha value is -0.183. The molecule has 0 nitrogen and oxygen atoms in total. The molecule has 0 saturated heterocycles. The van der Waals surface area contributed by atoms with Crippen molar-refractivity contribution in [2.24, 2.45) is 0 Å². The third-order valence-electron chi connectivity index (χ3n) is 6.54. The predicted molar refractivity (Wildman–Crippen MR) is 123 cm³/mol. The number of allylic oxidation sites excluding steroid dienone is 12. The molecule has 1 heteroatoms. The van der Waals surface area contributed by atoms with Crippen LogP contribution in [0.25, 0.3) is 0 Å².